The summed E-state index contributed by atoms with van der Waals surface area (Å²) in [5, 5.41) is 0. The Balaban J connectivity index is 8.72. The fourth-order valence-corrected chi connectivity index (χ4v) is 596. The zero-order valence-corrected chi connectivity index (χ0v) is 66.2. The Hall–Kier alpha value is 18.5. The van der Waals surface area contributed by atoms with Crippen LogP contribution < -0.4 is 0 Å². The quantitative estimate of drug-likeness (QED) is 0.107. The van der Waals surface area contributed by atoms with Crippen LogP contribution in [-0.2, 0) is 0 Å². The van der Waals surface area contributed by atoms with Crippen LogP contribution in [0.3, 0.4) is 0 Å². The lowest BCUT2D eigenvalue weighted by molar-refractivity contribution is 4.37. The molecule has 0 saturated heterocycles. The van der Waals surface area contributed by atoms with Gasteiger partial charge in [0.05, 0.1) is 0 Å². The van der Waals surface area contributed by atoms with Gasteiger partial charge in [0.25, 0.3) is 0 Å². The minimum absolute atomic E-state index is 0.0633. The smallest absolute Gasteiger partial charge is 0.000171 e. The van der Waals surface area contributed by atoms with Crippen LogP contribution in [0.25, 0.3) is 0 Å². The molecule has 0 nitrogen and oxygen atoms in total. The molecule has 0 bridgehead atoms. The van der Waals surface area contributed by atoms with Gasteiger partial charge in [0, 0.05) is 0 Å². The SMILES string of the molecule is [PH-]PP(P)P(P(P(P)P)P(P)P)P(P(P(P(P)P)P(P)P)P(P(P)P)P(P)P)P(P(P(P)P)P(P)P)P(P(P)P)P(P)P. The molecule has 0 aliphatic carbocycles. The summed E-state index contributed by atoms with van der Waals surface area (Å²) < 4.78 is 0. The van der Waals surface area contributed by atoms with Crippen molar-refractivity contribution in [1.29, 1.82) is 0 Å². The zero-order chi connectivity index (χ0) is 34.3. The Kier molecular flexibility index (Phi) is 48.4. The van der Waals surface area contributed by atoms with Gasteiger partial charge >= 0.3 is 0 Å². The second kappa shape index (κ2) is 33.9. The van der Waals surface area contributed by atoms with Gasteiger partial charge in [-0.2, -0.15) is 0 Å². The summed E-state index contributed by atoms with van der Waals surface area (Å²) in [5.41, 5.74) is 0. The van der Waals surface area contributed by atoms with E-state index in [0.29, 0.717) is 0 Å². The van der Waals surface area contributed by atoms with Crippen LogP contribution in [0.15, 0.2) is 0 Å². The molecular formula is H44P43-. The number of rotatable bonds is 20. The molecule has 0 aromatic rings. The van der Waals surface area contributed by atoms with Gasteiger partial charge in [0.2, 0.25) is 0 Å². The van der Waals surface area contributed by atoms with E-state index in [-0.39, 0.29) is 140 Å². The Morgan fingerprint density at radius 2 is 0.372 bits per heavy atom. The molecule has 260 valence electrons. The third-order valence-electron chi connectivity index (χ3n) is 3.65. The van der Waals surface area contributed by atoms with Gasteiger partial charge in [0.15, 0.2) is 0 Å². The van der Waals surface area contributed by atoms with E-state index < -0.39 is 0 Å². The molecule has 43 heavy (non-hydrogen) atoms. The van der Waals surface area contributed by atoms with Crippen molar-refractivity contribution in [1.82, 2.24) is 0 Å². The van der Waals surface area contributed by atoms with Gasteiger partial charge in [-0.1, -0.05) is 6.99 Å². The van der Waals surface area contributed by atoms with E-state index in [0.717, 1.165) is 7.96 Å². The summed E-state index contributed by atoms with van der Waals surface area (Å²) >= 11 is 0. The minimum Gasteiger partial charge on any atom is -0.524 e. The average Bonchev–Trinajstić information content (AvgIpc) is 2.80. The molecule has 0 rings (SSSR count). The molecule has 0 radical (unpaired) electrons. The largest absolute Gasteiger partial charge is 0.524 e. The lowest BCUT2D eigenvalue weighted by Gasteiger charge is -2.57. The van der Waals surface area contributed by atoms with Crippen molar-refractivity contribution in [2.75, 3.05) is 0 Å². The maximum absolute atomic E-state index is 4.25. The van der Waals surface area contributed by atoms with Gasteiger partial charge in [-0.05, 0) is 133 Å². The molecule has 43 heteroatoms. The Labute approximate surface area is 339 Å². The van der Waals surface area contributed by atoms with E-state index in [1.807, 2.05) is 0 Å². The summed E-state index contributed by atoms with van der Waals surface area (Å²) in [5.74, 6) is 0. The highest BCUT2D eigenvalue weighted by molar-refractivity contribution is 9.49. The van der Waals surface area contributed by atoms with Crippen LogP contribution in [-0.4, -0.2) is 0 Å². The van der Waals surface area contributed by atoms with E-state index in [9.17, 15) is 0 Å². The number of hydrogen-bond donors (Lipinski definition) is 0. The van der Waals surface area contributed by atoms with Gasteiger partial charge in [-0.25, -0.2) is 0 Å². The third-order valence-corrected chi connectivity index (χ3v) is 296. The standard InChI is InChI=1S/H44P43/c1-23-34(22)40(35(24(2)3)25(4)5)43(41(36(26(6)7)27(8)9)37(28(10)11)29(12)13)42(38(30(14)15)31(16)17)39(32(18)19)33(20)21/h1,23H,2-22H2/q-1. The average molecular weight is 1380 g/mol. The van der Waals surface area contributed by atoms with Crippen LogP contribution in [0.1, 0.15) is 0 Å². The maximum Gasteiger partial charge on any atom is -0.000171 e. The second-order valence-corrected chi connectivity index (χ2v) is 180. The van der Waals surface area contributed by atoms with Crippen molar-refractivity contribution in [3.8, 4) is 0 Å². The summed E-state index contributed by atoms with van der Waals surface area (Å²) in [6.07, 6.45) is 0. The first-order valence-corrected chi connectivity index (χ1v) is 87.3. The Bertz CT molecular complexity index is 580. The molecule has 0 fully saturated rings. The van der Waals surface area contributed by atoms with Crippen molar-refractivity contribution in [3.05, 3.63) is 0 Å². The van der Waals surface area contributed by atoms with Gasteiger partial charge in [-0.15, -0.1) is 187 Å². The van der Waals surface area contributed by atoms with Crippen molar-refractivity contribution in [2.24, 2.45) is 0 Å². The maximum atomic E-state index is 4.25. The second-order valence-electron chi connectivity index (χ2n) is 6.67. The van der Waals surface area contributed by atoms with Crippen LogP contribution in [0.4, 0.5) is 0 Å². The predicted octanol–water partition coefficient (Wildman–Crippen LogP) is 25.3. The first-order valence-electron chi connectivity index (χ1n) is 9.70. The lowest BCUT2D eigenvalue weighted by atomic mass is 28.4. The summed E-state index contributed by atoms with van der Waals surface area (Å²) in [6, 6.07) is 0. The minimum atomic E-state index is -0.148. The molecule has 0 aromatic carbocycles. The van der Waals surface area contributed by atoms with Crippen molar-refractivity contribution in [3.63, 3.8) is 0 Å². The number of hydrogen-bond acceptors (Lipinski definition) is 0. The molecule has 24 atom stereocenters. The normalized spacial score (nSPS) is 15.9. The highest BCUT2D eigenvalue weighted by Gasteiger charge is 2.56. The van der Waals surface area contributed by atoms with Crippen LogP contribution in [0, 0.1) is 0 Å². The van der Waals surface area contributed by atoms with Crippen LogP contribution >= 0.6 is 344 Å². The fraction of sp³-hybridized carbons (Fsp3) is 0. The molecule has 0 heterocycles. The highest BCUT2D eigenvalue weighted by Crippen LogP contribution is 3.44. The third kappa shape index (κ3) is 22.2. The van der Waals surface area contributed by atoms with E-state index in [1.165, 1.54) is 0 Å². The first kappa shape index (κ1) is 61.5. The molecule has 0 aliphatic rings. The molecule has 0 saturated carbocycles. The van der Waals surface area contributed by atoms with E-state index in [2.05, 4.69) is 196 Å². The predicted molar refractivity (Wildman–Crippen MR) is 359 cm³/mol. The summed E-state index contributed by atoms with van der Waals surface area (Å²) in [4.78, 5) is 0. The van der Waals surface area contributed by atoms with Crippen molar-refractivity contribution in [2.45, 2.75) is 0 Å². The van der Waals surface area contributed by atoms with Crippen LogP contribution in [0.2, 0.25) is 0 Å². The zero-order valence-electron chi connectivity index (χ0n) is 22.1. The van der Waals surface area contributed by atoms with Crippen molar-refractivity contribution < 1.29 is 0 Å². The van der Waals surface area contributed by atoms with Gasteiger partial charge in [0.1, 0.15) is 0 Å². The molecule has 0 spiro atoms. The monoisotopic (exact) mass is 1380 g/mol. The Morgan fingerprint density at radius 3 is 0.512 bits per heavy atom. The summed E-state index contributed by atoms with van der Waals surface area (Å²) in [7, 11) is 76.9. The van der Waals surface area contributed by atoms with E-state index in [4.69, 9.17) is 0 Å². The Morgan fingerprint density at radius 1 is 0.233 bits per heavy atom. The molecule has 24 unspecified atom stereocenters. The van der Waals surface area contributed by atoms with Crippen molar-refractivity contribution >= 4 is 344 Å². The van der Waals surface area contributed by atoms with E-state index >= 15 is 0 Å². The first-order chi connectivity index (χ1) is 19.6. The highest BCUT2D eigenvalue weighted by atomic mass is 33.5. The molecule has 0 N–H and O–H groups in total. The van der Waals surface area contributed by atoms with Crippen LogP contribution in [0.5, 0.6) is 0 Å². The molecular weight excluding hydrogens is 1330 g/mol. The fourth-order valence-electron chi connectivity index (χ4n) is 2.45. The topological polar surface area (TPSA) is 0 Å². The molecule has 0 aromatic heterocycles. The lowest BCUT2D eigenvalue weighted by Crippen LogP contribution is -1.69. The van der Waals surface area contributed by atoms with Gasteiger partial charge < -0.3 is 8.93 Å². The molecule has 0 aliphatic heterocycles. The molecule has 0 amide bonds. The van der Waals surface area contributed by atoms with E-state index in [1.54, 1.807) is 0 Å². The van der Waals surface area contributed by atoms with Gasteiger partial charge in [-0.3, -0.25) is 7.96 Å². The summed E-state index contributed by atoms with van der Waals surface area (Å²) in [6.45, 7) is -2.29.